The quantitative estimate of drug-likeness (QED) is 0.625. The molecule has 1 fully saturated rings. The summed E-state index contributed by atoms with van der Waals surface area (Å²) < 4.78 is 70.5. The van der Waals surface area contributed by atoms with Crippen LogP contribution in [0.15, 0.2) is 46.5 Å². The fourth-order valence-corrected chi connectivity index (χ4v) is 5.43. The van der Waals surface area contributed by atoms with Gasteiger partial charge in [0.25, 0.3) is 0 Å². The average molecular weight is 490 g/mol. The zero-order valence-electron chi connectivity index (χ0n) is 17.3. The zero-order chi connectivity index (χ0) is 23.5. The number of carbonyl (C=O) groups is 1. The summed E-state index contributed by atoms with van der Waals surface area (Å²) in [5.41, 5.74) is -0.0150. The highest BCUT2D eigenvalue weighted by atomic mass is 32.2. The number of anilines is 1. The monoisotopic (exact) mass is 489 g/mol. The SMILES string of the molecule is Cc1ccc(NC(=O)[C@@H](C)Sc2ccc(C(F)(F)F)cn2)cc1S(=O)(=O)N1CCOCC1. The van der Waals surface area contributed by atoms with Crippen molar-refractivity contribution in [3.8, 4) is 0 Å². The Hall–Kier alpha value is -2.15. The number of morpholine rings is 1. The fraction of sp³-hybridized carbons (Fsp3) is 0.400. The first-order chi connectivity index (χ1) is 15.0. The molecule has 1 N–H and O–H groups in total. The lowest BCUT2D eigenvalue weighted by Crippen LogP contribution is -2.40. The normalized spacial score (nSPS) is 16.5. The smallest absolute Gasteiger partial charge is 0.379 e. The van der Waals surface area contributed by atoms with Crippen LogP contribution in [0.3, 0.4) is 0 Å². The first kappa shape index (κ1) is 24.5. The summed E-state index contributed by atoms with van der Waals surface area (Å²) in [6.45, 7) is 4.41. The van der Waals surface area contributed by atoms with E-state index in [0.717, 1.165) is 24.0 Å². The molecule has 3 rings (SSSR count). The Morgan fingerprint density at radius 1 is 1.22 bits per heavy atom. The van der Waals surface area contributed by atoms with Gasteiger partial charge in [0.05, 0.1) is 33.9 Å². The number of aromatic nitrogens is 1. The summed E-state index contributed by atoms with van der Waals surface area (Å²) in [7, 11) is -3.74. The van der Waals surface area contributed by atoms with Crippen LogP contribution in [0.25, 0.3) is 0 Å². The molecule has 1 aromatic carbocycles. The van der Waals surface area contributed by atoms with Crippen molar-refractivity contribution >= 4 is 33.4 Å². The molecule has 1 aliphatic heterocycles. The molecular formula is C20H22F3N3O4S2. The second-order valence-corrected chi connectivity index (χ2v) is 10.4. The number of benzene rings is 1. The van der Waals surface area contributed by atoms with Gasteiger partial charge in [-0.05, 0) is 43.7 Å². The van der Waals surface area contributed by atoms with Gasteiger partial charge < -0.3 is 10.1 Å². The average Bonchev–Trinajstić information content (AvgIpc) is 2.75. The van der Waals surface area contributed by atoms with E-state index in [4.69, 9.17) is 4.74 Å². The first-order valence-corrected chi connectivity index (χ1v) is 12.0. The molecule has 1 atom stereocenters. The van der Waals surface area contributed by atoms with E-state index < -0.39 is 32.9 Å². The highest BCUT2D eigenvalue weighted by molar-refractivity contribution is 8.00. The van der Waals surface area contributed by atoms with Crippen LogP contribution < -0.4 is 5.32 Å². The minimum atomic E-state index is -4.48. The molecule has 0 spiro atoms. The highest BCUT2D eigenvalue weighted by Gasteiger charge is 2.31. The van der Waals surface area contributed by atoms with Crippen molar-refractivity contribution in [2.75, 3.05) is 31.6 Å². The van der Waals surface area contributed by atoms with Gasteiger partial charge in [-0.15, -0.1) is 0 Å². The third kappa shape index (κ3) is 5.80. The molecule has 2 heterocycles. The van der Waals surface area contributed by atoms with Crippen LogP contribution in [0.4, 0.5) is 18.9 Å². The van der Waals surface area contributed by atoms with Crippen LogP contribution in [-0.4, -0.2) is 55.2 Å². The molecule has 7 nitrogen and oxygen atoms in total. The standard InChI is InChI=1S/C20H22F3N3O4S2/c1-13-3-5-16(11-17(13)32(28,29)26-7-9-30-10-8-26)25-19(27)14(2)31-18-6-4-15(12-24-18)20(21,22)23/h3-6,11-12,14H,7-10H2,1-2H3,(H,25,27)/t14-/m1/s1. The minimum Gasteiger partial charge on any atom is -0.379 e. The van der Waals surface area contributed by atoms with Crippen LogP contribution in [0.5, 0.6) is 0 Å². The zero-order valence-corrected chi connectivity index (χ0v) is 19.0. The Morgan fingerprint density at radius 2 is 1.91 bits per heavy atom. The van der Waals surface area contributed by atoms with Crippen LogP contribution in [0, 0.1) is 6.92 Å². The molecule has 32 heavy (non-hydrogen) atoms. The molecule has 174 valence electrons. The number of pyridine rings is 1. The molecule has 1 aromatic heterocycles. The lowest BCUT2D eigenvalue weighted by Gasteiger charge is -2.27. The number of alkyl halides is 3. The van der Waals surface area contributed by atoms with Gasteiger partial charge in [0.15, 0.2) is 0 Å². The molecule has 1 saturated heterocycles. The summed E-state index contributed by atoms with van der Waals surface area (Å²) in [5, 5.41) is 2.25. The van der Waals surface area contributed by atoms with Crippen molar-refractivity contribution in [2.24, 2.45) is 0 Å². The maximum absolute atomic E-state index is 13.0. The Balaban J connectivity index is 1.70. The number of sulfonamides is 1. The van der Waals surface area contributed by atoms with Crippen LogP contribution in [0.1, 0.15) is 18.1 Å². The number of hydrogen-bond acceptors (Lipinski definition) is 6. The highest BCUT2D eigenvalue weighted by Crippen LogP contribution is 2.31. The predicted octanol–water partition coefficient (Wildman–Crippen LogP) is 3.55. The molecule has 2 aromatic rings. The molecule has 0 aliphatic carbocycles. The molecule has 1 aliphatic rings. The third-order valence-electron chi connectivity index (χ3n) is 4.77. The van der Waals surface area contributed by atoms with Crippen molar-refractivity contribution in [1.82, 2.24) is 9.29 Å². The van der Waals surface area contributed by atoms with E-state index in [1.165, 1.54) is 16.4 Å². The van der Waals surface area contributed by atoms with Crippen molar-refractivity contribution in [2.45, 2.75) is 35.2 Å². The number of ether oxygens (including phenoxy) is 1. The summed E-state index contributed by atoms with van der Waals surface area (Å²) in [6, 6.07) is 6.72. The number of thioether (sulfide) groups is 1. The second kappa shape index (κ2) is 9.77. The van der Waals surface area contributed by atoms with Gasteiger partial charge in [0, 0.05) is 25.0 Å². The molecule has 0 saturated carbocycles. The summed E-state index contributed by atoms with van der Waals surface area (Å²) >= 11 is 0.995. The van der Waals surface area contributed by atoms with Crippen LogP contribution >= 0.6 is 11.8 Å². The van der Waals surface area contributed by atoms with Gasteiger partial charge in [0.2, 0.25) is 15.9 Å². The van der Waals surface area contributed by atoms with Crippen molar-refractivity contribution in [3.63, 3.8) is 0 Å². The van der Waals surface area contributed by atoms with E-state index in [9.17, 15) is 26.4 Å². The molecule has 12 heteroatoms. The third-order valence-corrected chi connectivity index (χ3v) is 7.87. The maximum atomic E-state index is 13.0. The van der Waals surface area contributed by atoms with Gasteiger partial charge >= 0.3 is 6.18 Å². The number of carbonyl (C=O) groups excluding carboxylic acids is 1. The number of hydrogen-bond donors (Lipinski definition) is 1. The van der Waals surface area contributed by atoms with Gasteiger partial charge in [-0.3, -0.25) is 4.79 Å². The summed E-state index contributed by atoms with van der Waals surface area (Å²) in [6.07, 6.45) is -3.76. The van der Waals surface area contributed by atoms with E-state index in [-0.39, 0.29) is 23.0 Å². The Kier molecular flexibility index (Phi) is 7.48. The number of aryl methyl sites for hydroxylation is 1. The number of nitrogens with one attached hydrogen (secondary N) is 1. The summed E-state index contributed by atoms with van der Waals surface area (Å²) in [4.78, 5) is 16.4. The molecule has 0 bridgehead atoms. The first-order valence-electron chi connectivity index (χ1n) is 9.68. The van der Waals surface area contributed by atoms with E-state index in [0.29, 0.717) is 24.5 Å². The van der Waals surface area contributed by atoms with Crippen molar-refractivity contribution in [1.29, 1.82) is 0 Å². The van der Waals surface area contributed by atoms with Gasteiger partial charge in [-0.2, -0.15) is 17.5 Å². The largest absolute Gasteiger partial charge is 0.417 e. The predicted molar refractivity (Wildman–Crippen MR) is 114 cm³/mol. The van der Waals surface area contributed by atoms with Crippen molar-refractivity contribution < 1.29 is 31.1 Å². The lowest BCUT2D eigenvalue weighted by molar-refractivity contribution is -0.137. The van der Waals surface area contributed by atoms with E-state index in [1.807, 2.05) is 0 Å². The minimum absolute atomic E-state index is 0.0990. The van der Waals surface area contributed by atoms with Crippen molar-refractivity contribution in [3.05, 3.63) is 47.7 Å². The number of halogens is 3. The molecule has 1 amide bonds. The number of nitrogens with zero attached hydrogens (tertiary/aromatic N) is 2. The Bertz CT molecular complexity index is 1070. The van der Waals surface area contributed by atoms with Crippen LogP contribution in [-0.2, 0) is 25.7 Å². The number of rotatable bonds is 6. The van der Waals surface area contributed by atoms with E-state index in [2.05, 4.69) is 10.3 Å². The van der Waals surface area contributed by atoms with E-state index in [1.54, 1.807) is 26.0 Å². The number of amides is 1. The molecule has 0 unspecified atom stereocenters. The topological polar surface area (TPSA) is 88.6 Å². The Labute approximate surface area is 188 Å². The van der Waals surface area contributed by atoms with Gasteiger partial charge in [0.1, 0.15) is 0 Å². The second-order valence-electron chi connectivity index (χ2n) is 7.13. The maximum Gasteiger partial charge on any atom is 0.417 e. The van der Waals surface area contributed by atoms with E-state index >= 15 is 0 Å². The molecular weight excluding hydrogens is 467 g/mol. The van der Waals surface area contributed by atoms with Gasteiger partial charge in [-0.25, -0.2) is 13.4 Å². The summed E-state index contributed by atoms with van der Waals surface area (Å²) in [5.74, 6) is -0.435. The molecule has 0 radical (unpaired) electrons. The Morgan fingerprint density at radius 3 is 2.50 bits per heavy atom. The fourth-order valence-electron chi connectivity index (χ4n) is 2.98. The lowest BCUT2D eigenvalue weighted by atomic mass is 10.2. The van der Waals surface area contributed by atoms with Gasteiger partial charge in [-0.1, -0.05) is 17.8 Å². The van der Waals surface area contributed by atoms with Crippen LogP contribution in [0.2, 0.25) is 0 Å².